The van der Waals surface area contributed by atoms with E-state index in [0.29, 0.717) is 19.8 Å². The molecule has 0 heterocycles. The van der Waals surface area contributed by atoms with Crippen LogP contribution >= 0.6 is 0 Å². The van der Waals surface area contributed by atoms with E-state index < -0.39 is 5.97 Å². The highest BCUT2D eigenvalue weighted by atomic mass is 16.5. The van der Waals surface area contributed by atoms with Gasteiger partial charge < -0.3 is 19.9 Å². The van der Waals surface area contributed by atoms with Crippen LogP contribution in [0, 0.1) is 0 Å². The highest BCUT2D eigenvalue weighted by molar-refractivity contribution is 5.67. The van der Waals surface area contributed by atoms with Crippen molar-refractivity contribution in [3.05, 3.63) is 23.8 Å². The average molecular weight is 241 g/mol. The van der Waals surface area contributed by atoms with Crippen molar-refractivity contribution in [2.75, 3.05) is 39.5 Å². The molecule has 0 saturated heterocycles. The van der Waals surface area contributed by atoms with Crippen LogP contribution in [0.1, 0.15) is 6.42 Å². The van der Waals surface area contributed by atoms with Gasteiger partial charge in [0, 0.05) is 13.1 Å². The summed E-state index contributed by atoms with van der Waals surface area (Å²) in [5, 5.41) is 11.6. The van der Waals surface area contributed by atoms with Crippen LogP contribution in [-0.4, -0.2) is 50.6 Å². The summed E-state index contributed by atoms with van der Waals surface area (Å²) in [6, 6.07) is 0. The summed E-state index contributed by atoms with van der Waals surface area (Å²) in [6.45, 7) is 2.74. The smallest absolute Gasteiger partial charge is 0.329 e. The van der Waals surface area contributed by atoms with Gasteiger partial charge in [-0.15, -0.1) is 0 Å². The summed E-state index contributed by atoms with van der Waals surface area (Å²) in [4.78, 5) is 10.1. The number of hydrogen-bond donors (Lipinski definition) is 2. The molecule has 0 radical (unpaired) electrons. The molecule has 0 bridgehead atoms. The number of nitrogens with one attached hydrogen (secondary N) is 1. The maximum Gasteiger partial charge on any atom is 0.329 e. The lowest BCUT2D eigenvalue weighted by atomic mass is 10.3. The molecule has 5 nitrogen and oxygen atoms in total. The normalized spacial score (nSPS) is 14.0. The van der Waals surface area contributed by atoms with Gasteiger partial charge in [0.05, 0.1) is 19.8 Å². The number of allylic oxidation sites excluding steroid dienone is 2. The zero-order chi connectivity index (χ0) is 12.3. The monoisotopic (exact) mass is 241 g/mol. The van der Waals surface area contributed by atoms with E-state index in [1.807, 2.05) is 0 Å². The second-order valence-corrected chi connectivity index (χ2v) is 3.65. The number of aliphatic carboxylic acids is 1. The van der Waals surface area contributed by atoms with Crippen LogP contribution in [0.2, 0.25) is 0 Å². The molecule has 2 N–H and O–H groups in total. The van der Waals surface area contributed by atoms with Gasteiger partial charge in [0.1, 0.15) is 6.61 Å². The zero-order valence-electron chi connectivity index (χ0n) is 9.85. The number of rotatable bonds is 10. The molecular weight excluding hydrogens is 222 g/mol. The lowest BCUT2D eigenvalue weighted by Crippen LogP contribution is -2.22. The molecule has 1 aliphatic rings. The Morgan fingerprint density at radius 1 is 1.35 bits per heavy atom. The Morgan fingerprint density at radius 3 is 2.88 bits per heavy atom. The third kappa shape index (κ3) is 7.68. The highest BCUT2D eigenvalue weighted by Gasteiger charge is 1.97. The summed E-state index contributed by atoms with van der Waals surface area (Å²) in [7, 11) is 0. The maximum absolute atomic E-state index is 10.1. The second kappa shape index (κ2) is 8.92. The van der Waals surface area contributed by atoms with Gasteiger partial charge in [0.2, 0.25) is 0 Å². The standard InChI is InChI=1S/C12H19NO4/c14-12(15)10-17-8-7-16-6-5-13-9-11-3-1-2-4-11/h1,3-4,13H,2,5-10H2,(H,14,15). The number of hydrogen-bond acceptors (Lipinski definition) is 4. The van der Waals surface area contributed by atoms with E-state index in [1.54, 1.807) is 0 Å². The molecular formula is C12H19NO4. The Labute approximate surface area is 101 Å². The molecule has 0 aromatic heterocycles. The van der Waals surface area contributed by atoms with Crippen molar-refractivity contribution in [3.8, 4) is 0 Å². The molecule has 0 atom stereocenters. The average Bonchev–Trinajstić information content (AvgIpc) is 2.79. The molecule has 17 heavy (non-hydrogen) atoms. The Kier molecular flexibility index (Phi) is 7.29. The van der Waals surface area contributed by atoms with Gasteiger partial charge >= 0.3 is 5.97 Å². The molecule has 0 aliphatic heterocycles. The SMILES string of the molecule is O=C(O)COCCOCCNCC1=CCC=C1. The van der Waals surface area contributed by atoms with E-state index in [1.165, 1.54) is 5.57 Å². The molecule has 0 unspecified atom stereocenters. The molecule has 1 rings (SSSR count). The van der Waals surface area contributed by atoms with Crippen LogP contribution < -0.4 is 5.32 Å². The Morgan fingerprint density at radius 2 is 2.18 bits per heavy atom. The Bertz CT molecular complexity index is 286. The first kappa shape index (κ1) is 13.9. The van der Waals surface area contributed by atoms with Crippen molar-refractivity contribution in [2.24, 2.45) is 0 Å². The van der Waals surface area contributed by atoms with Gasteiger partial charge in [0.25, 0.3) is 0 Å². The molecule has 0 spiro atoms. The Balaban J connectivity index is 1.78. The van der Waals surface area contributed by atoms with E-state index in [9.17, 15) is 4.79 Å². The number of carboxylic acids is 1. The zero-order valence-corrected chi connectivity index (χ0v) is 9.85. The van der Waals surface area contributed by atoms with Crippen molar-refractivity contribution in [1.29, 1.82) is 0 Å². The summed E-state index contributed by atoms with van der Waals surface area (Å²) in [6.07, 6.45) is 7.48. The van der Waals surface area contributed by atoms with Crippen LogP contribution in [0.5, 0.6) is 0 Å². The molecule has 0 fully saturated rings. The van der Waals surface area contributed by atoms with Gasteiger partial charge in [-0.25, -0.2) is 4.79 Å². The lowest BCUT2D eigenvalue weighted by Gasteiger charge is -2.06. The Hall–Kier alpha value is -1.17. The van der Waals surface area contributed by atoms with Gasteiger partial charge in [0.15, 0.2) is 0 Å². The molecule has 1 aliphatic carbocycles. The summed E-state index contributed by atoms with van der Waals surface area (Å²) >= 11 is 0. The molecule has 0 aromatic rings. The van der Waals surface area contributed by atoms with Crippen LogP contribution in [0.4, 0.5) is 0 Å². The second-order valence-electron chi connectivity index (χ2n) is 3.65. The van der Waals surface area contributed by atoms with Crippen molar-refractivity contribution in [3.63, 3.8) is 0 Å². The molecule has 0 amide bonds. The minimum Gasteiger partial charge on any atom is -0.480 e. The molecule has 5 heteroatoms. The van der Waals surface area contributed by atoms with E-state index in [0.717, 1.165) is 19.5 Å². The van der Waals surface area contributed by atoms with Crippen molar-refractivity contribution in [1.82, 2.24) is 5.32 Å². The third-order valence-corrected chi connectivity index (χ3v) is 2.20. The van der Waals surface area contributed by atoms with Crippen molar-refractivity contribution >= 4 is 5.97 Å². The summed E-state index contributed by atoms with van der Waals surface area (Å²) < 4.78 is 10.1. The van der Waals surface area contributed by atoms with Gasteiger partial charge in [-0.3, -0.25) is 0 Å². The van der Waals surface area contributed by atoms with Crippen LogP contribution in [0.25, 0.3) is 0 Å². The first-order valence-electron chi connectivity index (χ1n) is 5.72. The molecule has 96 valence electrons. The fourth-order valence-corrected chi connectivity index (χ4v) is 1.39. The van der Waals surface area contributed by atoms with Gasteiger partial charge in [-0.05, 0) is 12.0 Å². The van der Waals surface area contributed by atoms with E-state index in [4.69, 9.17) is 14.6 Å². The number of ether oxygens (including phenoxy) is 2. The van der Waals surface area contributed by atoms with E-state index >= 15 is 0 Å². The summed E-state index contributed by atoms with van der Waals surface area (Å²) in [5.74, 6) is -0.954. The van der Waals surface area contributed by atoms with Crippen LogP contribution in [-0.2, 0) is 14.3 Å². The quantitative estimate of drug-likeness (QED) is 0.548. The topological polar surface area (TPSA) is 67.8 Å². The minimum absolute atomic E-state index is 0.262. The summed E-state index contributed by atoms with van der Waals surface area (Å²) in [5.41, 5.74) is 1.31. The lowest BCUT2D eigenvalue weighted by molar-refractivity contribution is -0.142. The van der Waals surface area contributed by atoms with Crippen molar-refractivity contribution in [2.45, 2.75) is 6.42 Å². The number of carboxylic acid groups (broad SMARTS) is 1. The van der Waals surface area contributed by atoms with Crippen molar-refractivity contribution < 1.29 is 19.4 Å². The first-order valence-corrected chi connectivity index (χ1v) is 5.72. The maximum atomic E-state index is 10.1. The predicted molar refractivity (Wildman–Crippen MR) is 64.0 cm³/mol. The fraction of sp³-hybridized carbons (Fsp3) is 0.583. The first-order chi connectivity index (χ1) is 8.29. The van der Waals surface area contributed by atoms with E-state index in [-0.39, 0.29) is 6.61 Å². The van der Waals surface area contributed by atoms with Crippen LogP contribution in [0.3, 0.4) is 0 Å². The third-order valence-electron chi connectivity index (χ3n) is 2.20. The minimum atomic E-state index is -0.954. The number of carbonyl (C=O) groups is 1. The van der Waals surface area contributed by atoms with Gasteiger partial charge in [-0.2, -0.15) is 0 Å². The highest BCUT2D eigenvalue weighted by Crippen LogP contribution is 2.06. The molecule has 0 saturated carbocycles. The predicted octanol–water partition coefficient (Wildman–Crippen LogP) is 0.580. The largest absolute Gasteiger partial charge is 0.480 e. The van der Waals surface area contributed by atoms with Gasteiger partial charge in [-0.1, -0.05) is 18.2 Å². The fourth-order valence-electron chi connectivity index (χ4n) is 1.39. The van der Waals surface area contributed by atoms with E-state index in [2.05, 4.69) is 23.5 Å². The molecule has 0 aromatic carbocycles. The van der Waals surface area contributed by atoms with Crippen LogP contribution in [0.15, 0.2) is 23.8 Å².